The van der Waals surface area contributed by atoms with Gasteiger partial charge in [-0.25, -0.2) is 9.78 Å². The third-order valence-electron chi connectivity index (χ3n) is 17.5. The molecular weight excluding hydrogens is 1500 g/mol. The number of rotatable bonds is 46. The van der Waals surface area contributed by atoms with E-state index in [0.717, 1.165) is 0 Å². The van der Waals surface area contributed by atoms with Crippen LogP contribution < -0.4 is 74.9 Å². The first-order valence-electron chi connectivity index (χ1n) is 35.8. The summed E-state index contributed by atoms with van der Waals surface area (Å²) in [5.41, 5.74) is 8.38. The Morgan fingerprint density at radius 3 is 1.36 bits per heavy atom. The number of benzene rings is 3. The second kappa shape index (κ2) is 43.8. The third kappa shape index (κ3) is 28.7. The Morgan fingerprint density at radius 1 is 0.460 bits per heavy atom. The average Bonchev–Trinajstić information content (AvgIpc) is 1.72. The number of aromatic hydroxyl groups is 1. The van der Waals surface area contributed by atoms with E-state index in [2.05, 4.69) is 89.1 Å². The van der Waals surface area contributed by atoms with Gasteiger partial charge in [-0.15, -0.1) is 0 Å². The largest absolute Gasteiger partial charge is 0.508 e. The van der Waals surface area contributed by atoms with E-state index in [1.54, 1.807) is 74.8 Å². The van der Waals surface area contributed by atoms with Crippen LogP contribution in [0.2, 0.25) is 0 Å². The van der Waals surface area contributed by atoms with Crippen molar-refractivity contribution in [3.8, 4) is 5.75 Å². The lowest BCUT2D eigenvalue weighted by molar-refractivity contribution is -0.144. The van der Waals surface area contributed by atoms with Gasteiger partial charge in [-0.05, 0) is 84.6 Å². The minimum Gasteiger partial charge on any atom is -0.508 e. The van der Waals surface area contributed by atoms with Gasteiger partial charge in [0.2, 0.25) is 76.8 Å². The Morgan fingerprint density at radius 2 is 0.885 bits per heavy atom. The van der Waals surface area contributed by atoms with Gasteiger partial charge in [0.05, 0.1) is 51.5 Å². The van der Waals surface area contributed by atoms with Crippen LogP contribution >= 0.6 is 11.8 Å². The molecule has 0 aliphatic heterocycles. The quantitative estimate of drug-likeness (QED) is 0.0175. The summed E-state index contributed by atoms with van der Waals surface area (Å²) in [5, 5.41) is 82.6. The van der Waals surface area contributed by atoms with Crippen LogP contribution in [-0.2, 0) is 102 Å². The average molecular weight is 1590 g/mol. The molecule has 6 rings (SSSR count). The van der Waals surface area contributed by atoms with Crippen LogP contribution in [-0.4, -0.2) is 245 Å². The van der Waals surface area contributed by atoms with Gasteiger partial charge in [-0.1, -0.05) is 76.2 Å². The molecule has 0 radical (unpaired) electrons. The van der Waals surface area contributed by atoms with E-state index >= 15 is 0 Å². The topological polar surface area (TPSA) is 617 Å². The van der Waals surface area contributed by atoms with Crippen LogP contribution in [0.5, 0.6) is 5.75 Å². The van der Waals surface area contributed by atoms with Crippen LogP contribution in [0.3, 0.4) is 0 Å². The number of amides is 13. The third-order valence-corrected chi connectivity index (χ3v) is 18.1. The molecule has 113 heavy (non-hydrogen) atoms. The van der Waals surface area contributed by atoms with E-state index in [4.69, 9.17) is 5.73 Å². The SMILES string of the molecule is CSCC[C@H](NC(=O)[C@H](Cc1ccc(O)cc1)NC(=O)[C@H](Cc1cnc[nH]1)NC(=O)[C@H](CC(=O)O)NC(=O)[C@H](Cc1c[nH]c2ccccc12)NC(=O)CNC(=O)CNC(=O)[C@H](Cc1c[nH]c2ccccc12)NC(=O)[C@H](CO)NC(=O)CNC(=O)[C@H](CC(C)C)NC(=O)[C@H](C)N)C(=O)N[C@@H](CC(=O)O)C(=O)N[C@H](C(=O)O)C(C)C. The number of imidazole rings is 1. The highest BCUT2D eigenvalue weighted by Gasteiger charge is 2.38. The number of carbonyl (C=O) groups excluding carboxylic acids is 13. The Bertz CT molecular complexity index is 4360. The first kappa shape index (κ1) is 89.4. The number of carbonyl (C=O) groups is 16. The van der Waals surface area contributed by atoms with Crippen molar-refractivity contribution in [2.24, 2.45) is 17.6 Å². The highest BCUT2D eigenvalue weighted by atomic mass is 32.2. The Kier molecular flexibility index (Phi) is 34.7. The minimum atomic E-state index is -2.05. The zero-order valence-electron chi connectivity index (χ0n) is 62.6. The number of aliphatic carboxylic acids is 3. The fourth-order valence-corrected chi connectivity index (χ4v) is 12.0. The molecule has 3 aromatic carbocycles. The van der Waals surface area contributed by atoms with E-state index in [1.165, 1.54) is 75.5 Å². The van der Waals surface area contributed by atoms with Crippen molar-refractivity contribution < 1.29 is 102 Å². The number of aliphatic hydroxyl groups is 1. The number of fused-ring (bicyclic) bond motifs is 2. The van der Waals surface area contributed by atoms with E-state index < -0.39 is 213 Å². The number of hydrogen-bond acceptors (Lipinski definition) is 21. The number of thioether (sulfide) groups is 1. The first-order valence-corrected chi connectivity index (χ1v) is 37.2. The van der Waals surface area contributed by atoms with Gasteiger partial charge in [0.15, 0.2) is 0 Å². The summed E-state index contributed by atoms with van der Waals surface area (Å²) >= 11 is 1.23. The fourth-order valence-electron chi connectivity index (χ4n) is 11.5. The lowest BCUT2D eigenvalue weighted by Gasteiger charge is -2.28. The lowest BCUT2D eigenvalue weighted by atomic mass is 10.0. The first-order chi connectivity index (χ1) is 53.6. The van der Waals surface area contributed by atoms with E-state index in [-0.39, 0.29) is 55.2 Å². The maximum Gasteiger partial charge on any atom is 0.326 e. The van der Waals surface area contributed by atoms with E-state index in [0.29, 0.717) is 38.5 Å². The van der Waals surface area contributed by atoms with Crippen LogP contribution in [0.25, 0.3) is 21.8 Å². The number of phenolic OH excluding ortho intramolecular Hbond substituents is 1. The molecule has 40 heteroatoms. The molecule has 39 nitrogen and oxygen atoms in total. The van der Waals surface area contributed by atoms with Gasteiger partial charge < -0.3 is 115 Å². The van der Waals surface area contributed by atoms with Crippen molar-refractivity contribution in [2.45, 2.75) is 152 Å². The predicted octanol–water partition coefficient (Wildman–Crippen LogP) is -3.63. The monoisotopic (exact) mass is 1590 g/mol. The van der Waals surface area contributed by atoms with Gasteiger partial charge in [-0.2, -0.15) is 11.8 Å². The van der Waals surface area contributed by atoms with Gasteiger partial charge in [-0.3, -0.25) is 71.9 Å². The molecule has 0 aliphatic rings. The molecule has 6 aromatic rings. The summed E-state index contributed by atoms with van der Waals surface area (Å²) in [6.07, 6.45) is 3.77. The fraction of sp³-hybridized carbons (Fsp3) is 0.438. The molecule has 0 bridgehead atoms. The molecule has 23 N–H and O–H groups in total. The number of nitrogens with two attached hydrogens (primary N) is 1. The van der Waals surface area contributed by atoms with E-state index in [1.807, 2.05) is 0 Å². The van der Waals surface area contributed by atoms with Crippen molar-refractivity contribution >= 4 is 128 Å². The normalized spacial score (nSPS) is 14.1. The minimum absolute atomic E-state index is 0.0710. The summed E-state index contributed by atoms with van der Waals surface area (Å²) in [5.74, 6) is -18.6. The number of H-pyrrole nitrogens is 3. The molecule has 11 atom stereocenters. The number of nitrogens with one attached hydrogen (secondary N) is 16. The number of nitrogens with zero attached hydrogens (tertiary/aromatic N) is 1. The summed E-state index contributed by atoms with van der Waals surface area (Å²) in [6, 6.07) is 1.87. The molecule has 13 amide bonds. The molecule has 0 fully saturated rings. The number of aromatic amines is 3. The summed E-state index contributed by atoms with van der Waals surface area (Å²) in [4.78, 5) is 229. The molecule has 0 spiro atoms. The summed E-state index contributed by atoms with van der Waals surface area (Å²) in [6.45, 7) is 4.60. The van der Waals surface area contributed by atoms with Gasteiger partial charge >= 0.3 is 17.9 Å². The Hall–Kier alpha value is -12.5. The van der Waals surface area contributed by atoms with Crippen molar-refractivity contribution in [3.63, 3.8) is 0 Å². The van der Waals surface area contributed by atoms with Gasteiger partial charge in [0.25, 0.3) is 0 Å². The molecule has 0 aliphatic carbocycles. The number of phenols is 1. The van der Waals surface area contributed by atoms with Crippen molar-refractivity contribution in [2.75, 3.05) is 38.2 Å². The number of carboxylic acids is 3. The van der Waals surface area contributed by atoms with Crippen LogP contribution in [0.1, 0.15) is 82.7 Å². The molecule has 0 saturated heterocycles. The summed E-state index contributed by atoms with van der Waals surface area (Å²) in [7, 11) is 0. The van der Waals surface area contributed by atoms with Crippen LogP contribution in [0.4, 0.5) is 0 Å². The number of para-hydroxylation sites is 2. The molecule has 3 heterocycles. The maximum absolute atomic E-state index is 14.8. The zero-order valence-corrected chi connectivity index (χ0v) is 63.5. The Balaban J connectivity index is 1.18. The highest BCUT2D eigenvalue weighted by Crippen LogP contribution is 2.22. The van der Waals surface area contributed by atoms with Crippen molar-refractivity contribution in [1.29, 1.82) is 0 Å². The summed E-state index contributed by atoms with van der Waals surface area (Å²) < 4.78 is 0. The van der Waals surface area contributed by atoms with Gasteiger partial charge in [0.1, 0.15) is 66.2 Å². The molecular formula is C73H96N18O21S. The number of aromatic nitrogens is 4. The zero-order chi connectivity index (χ0) is 83.2. The standard InChI is InChI=1S/C73H96N18O21S/c1-36(2)21-49(85-63(101)38(5)74)64(102)80-33-59(96)83-56(34-92)72(110)87-51(23-40-28-76-46-13-9-7-11-44(40)46)65(103)79-31-57(94)78-32-58(95)82-52(24-41-29-77-47-14-10-8-12-45(41)47)68(106)90-54(26-60(97)98)70(108)88-53(25-42-30-75-35-81-42)69(107)86-50(22-39-15-17-43(93)18-16-39)67(105)84-48(19-20-113-6)66(104)89-55(27-61(99)100)71(109)91-62(37(3)4)73(111)112/h7-18,28-30,35-38,48-56,62,76-77,92-93H,19-27,31-34,74H2,1-6H3,(H,75,81)(H,78,94)(H,79,103)(H,80,102)(H,82,95)(H,83,96)(H,84,105)(H,85,101)(H,86,107)(H,87,110)(H,88,108)(H,89,104)(H,90,106)(H,91,109)(H,97,98)(H,99,100)(H,111,112)/t38-,48-,49-,50-,51-,52-,53-,54-,55-,56-,62-/m0/s1. The maximum atomic E-state index is 14.8. The van der Waals surface area contributed by atoms with Crippen LogP contribution in [0, 0.1) is 11.8 Å². The van der Waals surface area contributed by atoms with Crippen molar-refractivity contribution in [3.05, 3.63) is 120 Å². The molecule has 3 aromatic heterocycles. The molecule has 610 valence electrons. The number of hydrogen-bond donors (Lipinski definition) is 22. The second-order valence-corrected chi connectivity index (χ2v) is 28.3. The predicted molar refractivity (Wildman–Crippen MR) is 407 cm³/mol. The molecule has 0 unspecified atom stereocenters. The van der Waals surface area contributed by atoms with E-state index in [9.17, 15) is 102 Å². The molecule has 0 saturated carbocycles. The Labute approximate surface area is 650 Å². The lowest BCUT2D eigenvalue weighted by Crippen LogP contribution is -2.61. The van der Waals surface area contributed by atoms with Crippen LogP contribution in [0.15, 0.2) is 97.7 Å². The van der Waals surface area contributed by atoms with Gasteiger partial charge in [0, 0.05) is 71.8 Å². The smallest absolute Gasteiger partial charge is 0.326 e. The van der Waals surface area contributed by atoms with Crippen molar-refractivity contribution in [1.82, 2.24) is 89.1 Å². The second-order valence-electron chi connectivity index (χ2n) is 27.3. The highest BCUT2D eigenvalue weighted by molar-refractivity contribution is 7.98. The number of carboxylic acid groups (broad SMARTS) is 3. The number of aliphatic hydroxyl groups excluding tert-OH is 1.